The molecule has 1 unspecified atom stereocenters. The lowest BCUT2D eigenvalue weighted by Crippen LogP contribution is -2.53. The molecular weight excluding hydrogens is 176 g/mol. The molecule has 0 amide bonds. The molecule has 0 heterocycles. The normalized spacial score (nSPS) is 23.6. The summed E-state index contributed by atoms with van der Waals surface area (Å²) in [5.74, 6) is 0. The smallest absolute Gasteiger partial charge is 0.0615 e. The summed E-state index contributed by atoms with van der Waals surface area (Å²) in [6.07, 6.45) is 2.47. The highest BCUT2D eigenvalue weighted by Gasteiger charge is 2.52. The highest BCUT2D eigenvalue weighted by molar-refractivity contribution is 5.07. The van der Waals surface area contributed by atoms with Crippen LogP contribution < -0.4 is 5.32 Å². The van der Waals surface area contributed by atoms with Crippen molar-refractivity contribution in [1.29, 1.82) is 0 Å². The van der Waals surface area contributed by atoms with E-state index in [1.165, 1.54) is 12.8 Å². The first-order valence-electron chi connectivity index (χ1n) is 5.44. The minimum absolute atomic E-state index is 0.0942. The van der Waals surface area contributed by atoms with Crippen molar-refractivity contribution < 1.29 is 5.11 Å². The van der Waals surface area contributed by atoms with Crippen molar-refractivity contribution in [2.75, 3.05) is 33.8 Å². The monoisotopic (exact) mass is 200 g/mol. The first-order valence-corrected chi connectivity index (χ1v) is 5.44. The number of nitrogens with zero attached hydrogens (tertiary/aromatic N) is 1. The average molecular weight is 200 g/mol. The fourth-order valence-corrected chi connectivity index (χ4v) is 1.75. The van der Waals surface area contributed by atoms with Crippen LogP contribution in [0.3, 0.4) is 0 Å². The Bertz CT molecular complexity index is 190. The van der Waals surface area contributed by atoms with E-state index < -0.39 is 0 Å². The summed E-state index contributed by atoms with van der Waals surface area (Å²) < 4.78 is 0. The molecule has 1 fully saturated rings. The summed E-state index contributed by atoms with van der Waals surface area (Å²) in [6.45, 7) is 6.59. The van der Waals surface area contributed by atoms with Crippen LogP contribution >= 0.6 is 0 Å². The Morgan fingerprint density at radius 3 is 2.36 bits per heavy atom. The molecule has 0 aromatic rings. The van der Waals surface area contributed by atoms with Crippen LogP contribution in [0.5, 0.6) is 0 Å². The van der Waals surface area contributed by atoms with Crippen molar-refractivity contribution in [2.24, 2.45) is 5.41 Å². The van der Waals surface area contributed by atoms with E-state index in [2.05, 4.69) is 38.2 Å². The lowest BCUT2D eigenvalue weighted by Gasteiger charge is -2.36. The standard InChI is InChI=1S/C11H24N2O/c1-10(5-6-10)11(2,9-14)12-7-8-13(3)4/h12,14H,5-9H2,1-4H3. The maximum Gasteiger partial charge on any atom is 0.0615 e. The molecule has 2 N–H and O–H groups in total. The summed E-state index contributed by atoms with van der Waals surface area (Å²) in [5.41, 5.74) is 0.219. The third-order valence-corrected chi connectivity index (χ3v) is 3.72. The van der Waals surface area contributed by atoms with Crippen LogP contribution in [0.25, 0.3) is 0 Å². The fourth-order valence-electron chi connectivity index (χ4n) is 1.75. The van der Waals surface area contributed by atoms with Gasteiger partial charge in [-0.2, -0.15) is 0 Å². The second kappa shape index (κ2) is 4.17. The van der Waals surface area contributed by atoms with Gasteiger partial charge in [0.05, 0.1) is 6.61 Å². The van der Waals surface area contributed by atoms with Gasteiger partial charge < -0.3 is 15.3 Å². The van der Waals surface area contributed by atoms with Crippen molar-refractivity contribution in [3.8, 4) is 0 Å². The van der Waals surface area contributed by atoms with E-state index in [-0.39, 0.29) is 12.1 Å². The molecule has 0 spiro atoms. The molecule has 1 atom stereocenters. The van der Waals surface area contributed by atoms with Gasteiger partial charge in [-0.3, -0.25) is 0 Å². The SMILES string of the molecule is CN(C)CCNC(C)(CO)C1(C)CC1. The Balaban J connectivity index is 2.38. The Kier molecular flexibility index (Phi) is 3.56. The van der Waals surface area contributed by atoms with Gasteiger partial charge in [0.2, 0.25) is 0 Å². The third-order valence-electron chi connectivity index (χ3n) is 3.72. The molecule has 14 heavy (non-hydrogen) atoms. The number of hydrogen-bond acceptors (Lipinski definition) is 3. The number of hydrogen-bond donors (Lipinski definition) is 2. The Hall–Kier alpha value is -0.120. The topological polar surface area (TPSA) is 35.5 Å². The maximum absolute atomic E-state index is 9.45. The second-order valence-corrected chi connectivity index (χ2v) is 5.28. The van der Waals surface area contributed by atoms with Crippen LogP contribution in [-0.4, -0.2) is 49.3 Å². The van der Waals surface area contributed by atoms with E-state index in [0.717, 1.165) is 13.1 Å². The number of rotatable bonds is 6. The number of aliphatic hydroxyl groups is 1. The van der Waals surface area contributed by atoms with E-state index >= 15 is 0 Å². The lowest BCUT2D eigenvalue weighted by molar-refractivity contribution is 0.111. The molecule has 0 aliphatic heterocycles. The van der Waals surface area contributed by atoms with Crippen LogP contribution in [0, 0.1) is 5.41 Å². The van der Waals surface area contributed by atoms with Gasteiger partial charge in [-0.25, -0.2) is 0 Å². The molecule has 0 aromatic carbocycles. The molecule has 3 nitrogen and oxygen atoms in total. The first kappa shape index (κ1) is 12.0. The minimum atomic E-state index is -0.0942. The molecule has 0 radical (unpaired) electrons. The average Bonchev–Trinajstić information content (AvgIpc) is 2.84. The van der Waals surface area contributed by atoms with Crippen molar-refractivity contribution >= 4 is 0 Å². The van der Waals surface area contributed by atoms with Gasteiger partial charge >= 0.3 is 0 Å². The van der Waals surface area contributed by atoms with Gasteiger partial charge in [0, 0.05) is 18.6 Å². The predicted molar refractivity (Wildman–Crippen MR) is 59.4 cm³/mol. The molecular formula is C11H24N2O. The van der Waals surface area contributed by atoms with Gasteiger partial charge in [0.15, 0.2) is 0 Å². The van der Waals surface area contributed by atoms with Gasteiger partial charge in [-0.15, -0.1) is 0 Å². The van der Waals surface area contributed by atoms with Gasteiger partial charge in [0.25, 0.3) is 0 Å². The van der Waals surface area contributed by atoms with E-state index in [4.69, 9.17) is 0 Å². The molecule has 0 saturated heterocycles. The molecule has 1 rings (SSSR count). The van der Waals surface area contributed by atoms with Crippen LogP contribution in [0.2, 0.25) is 0 Å². The zero-order chi connectivity index (χ0) is 10.8. The highest BCUT2D eigenvalue weighted by atomic mass is 16.3. The van der Waals surface area contributed by atoms with Crippen molar-refractivity contribution in [3.63, 3.8) is 0 Å². The molecule has 1 aliphatic carbocycles. The molecule has 0 bridgehead atoms. The largest absolute Gasteiger partial charge is 0.394 e. The van der Waals surface area contributed by atoms with Crippen LogP contribution in [0.4, 0.5) is 0 Å². The van der Waals surface area contributed by atoms with Gasteiger partial charge in [-0.1, -0.05) is 6.92 Å². The summed E-state index contributed by atoms with van der Waals surface area (Å²) in [4.78, 5) is 2.15. The Labute approximate surface area is 87.5 Å². The van der Waals surface area contributed by atoms with Crippen LogP contribution in [-0.2, 0) is 0 Å². The van der Waals surface area contributed by atoms with Crippen molar-refractivity contribution in [2.45, 2.75) is 32.2 Å². The summed E-state index contributed by atoms with van der Waals surface area (Å²) >= 11 is 0. The number of aliphatic hydroxyl groups excluding tert-OH is 1. The van der Waals surface area contributed by atoms with Crippen LogP contribution in [0.15, 0.2) is 0 Å². The van der Waals surface area contributed by atoms with Crippen molar-refractivity contribution in [1.82, 2.24) is 10.2 Å². The van der Waals surface area contributed by atoms with Crippen LogP contribution in [0.1, 0.15) is 26.7 Å². The predicted octanol–water partition coefficient (Wildman–Crippen LogP) is 0.689. The van der Waals surface area contributed by atoms with E-state index in [1.807, 2.05) is 0 Å². The van der Waals surface area contributed by atoms with E-state index in [9.17, 15) is 5.11 Å². The Morgan fingerprint density at radius 2 is 2.00 bits per heavy atom. The second-order valence-electron chi connectivity index (χ2n) is 5.28. The van der Waals surface area contributed by atoms with Gasteiger partial charge in [-0.05, 0) is 39.3 Å². The minimum Gasteiger partial charge on any atom is -0.394 e. The lowest BCUT2D eigenvalue weighted by atomic mass is 9.84. The maximum atomic E-state index is 9.45. The quantitative estimate of drug-likeness (QED) is 0.662. The molecule has 1 saturated carbocycles. The zero-order valence-corrected chi connectivity index (χ0v) is 9.93. The zero-order valence-electron chi connectivity index (χ0n) is 9.93. The molecule has 84 valence electrons. The molecule has 3 heteroatoms. The molecule has 0 aromatic heterocycles. The van der Waals surface area contributed by atoms with Crippen molar-refractivity contribution in [3.05, 3.63) is 0 Å². The number of likely N-dealkylation sites (N-methyl/N-ethyl adjacent to an activating group) is 1. The fraction of sp³-hybridized carbons (Fsp3) is 1.00. The first-order chi connectivity index (χ1) is 6.43. The third kappa shape index (κ3) is 2.47. The highest BCUT2D eigenvalue weighted by Crippen LogP contribution is 2.53. The van der Waals surface area contributed by atoms with Gasteiger partial charge in [0.1, 0.15) is 0 Å². The summed E-state index contributed by atoms with van der Waals surface area (Å²) in [5, 5.41) is 12.9. The molecule has 1 aliphatic rings. The summed E-state index contributed by atoms with van der Waals surface area (Å²) in [6, 6.07) is 0. The number of nitrogens with one attached hydrogen (secondary N) is 1. The van der Waals surface area contributed by atoms with E-state index in [0.29, 0.717) is 5.41 Å². The van der Waals surface area contributed by atoms with E-state index in [1.54, 1.807) is 0 Å². The summed E-state index contributed by atoms with van der Waals surface area (Å²) in [7, 11) is 4.13. The Morgan fingerprint density at radius 1 is 1.43 bits per heavy atom.